The van der Waals surface area contributed by atoms with Crippen molar-refractivity contribution in [1.82, 2.24) is 20.2 Å². The second-order valence-electron chi connectivity index (χ2n) is 5.10. The van der Waals surface area contributed by atoms with E-state index in [0.717, 1.165) is 11.8 Å². The van der Waals surface area contributed by atoms with Crippen LogP contribution in [0, 0.1) is 13.0 Å². The van der Waals surface area contributed by atoms with Crippen molar-refractivity contribution in [2.75, 3.05) is 5.32 Å². The molecule has 0 fully saturated rings. The molecular weight excluding hydrogens is 502 g/mol. The first kappa shape index (κ1) is 18.5. The SMILES string of the molecule is CCCn1nnnc1NC(=O)c1c[c-]c2c(c1C)S(=O)(=O)C=C2.[W]. The van der Waals surface area contributed by atoms with Gasteiger partial charge < -0.3 is 0 Å². The molecule has 3 rings (SSSR count). The summed E-state index contributed by atoms with van der Waals surface area (Å²) >= 11 is 0. The van der Waals surface area contributed by atoms with Crippen LogP contribution in [0.2, 0.25) is 0 Å². The van der Waals surface area contributed by atoms with Gasteiger partial charge in [-0.1, -0.05) is 18.9 Å². The number of anilines is 1. The van der Waals surface area contributed by atoms with Gasteiger partial charge in [-0.15, -0.1) is 29.3 Å². The maximum Gasteiger partial charge on any atom is 0.249 e. The van der Waals surface area contributed by atoms with E-state index in [9.17, 15) is 13.2 Å². The molecule has 0 spiro atoms. The summed E-state index contributed by atoms with van der Waals surface area (Å²) in [6.07, 6.45) is 2.28. The number of nitrogens with zero attached hydrogens (tertiary/aromatic N) is 4. The summed E-state index contributed by atoms with van der Waals surface area (Å²) < 4.78 is 25.5. The minimum absolute atomic E-state index is 0. The summed E-state index contributed by atoms with van der Waals surface area (Å²) in [7, 11) is -3.51. The number of rotatable bonds is 4. The first-order chi connectivity index (χ1) is 10.9. The average molecular weight is 516 g/mol. The third kappa shape index (κ3) is 3.18. The van der Waals surface area contributed by atoms with Gasteiger partial charge in [0, 0.05) is 27.6 Å². The van der Waals surface area contributed by atoms with E-state index in [4.69, 9.17) is 0 Å². The molecule has 0 aliphatic carbocycles. The van der Waals surface area contributed by atoms with E-state index < -0.39 is 15.7 Å². The molecule has 0 radical (unpaired) electrons. The molecule has 2 aromatic rings. The van der Waals surface area contributed by atoms with E-state index in [0.29, 0.717) is 17.7 Å². The second kappa shape index (κ2) is 6.94. The number of tetrazole rings is 1. The van der Waals surface area contributed by atoms with Crippen molar-refractivity contribution in [3.63, 3.8) is 0 Å². The molecule has 1 aromatic heterocycles. The fourth-order valence-electron chi connectivity index (χ4n) is 2.43. The van der Waals surface area contributed by atoms with E-state index in [-0.39, 0.29) is 37.5 Å². The molecule has 24 heavy (non-hydrogen) atoms. The second-order valence-corrected chi connectivity index (χ2v) is 6.87. The molecule has 1 N–H and O–H groups in total. The Morgan fingerprint density at radius 1 is 1.42 bits per heavy atom. The van der Waals surface area contributed by atoms with Gasteiger partial charge >= 0.3 is 0 Å². The summed E-state index contributed by atoms with van der Waals surface area (Å²) in [6.45, 7) is 4.13. The molecule has 0 saturated carbocycles. The minimum atomic E-state index is -3.51. The quantitative estimate of drug-likeness (QED) is 0.613. The molecule has 10 heteroatoms. The zero-order valence-corrected chi connectivity index (χ0v) is 16.7. The number of carbonyl (C=O) groups excluding carboxylic acids is 1. The van der Waals surface area contributed by atoms with Gasteiger partial charge in [0.2, 0.25) is 11.9 Å². The third-order valence-electron chi connectivity index (χ3n) is 3.50. The van der Waals surface area contributed by atoms with Crippen LogP contribution in [0.25, 0.3) is 6.08 Å². The zero-order chi connectivity index (χ0) is 16.6. The molecule has 1 amide bonds. The minimum Gasteiger partial charge on any atom is -0.297 e. The van der Waals surface area contributed by atoms with Crippen molar-refractivity contribution in [3.8, 4) is 0 Å². The van der Waals surface area contributed by atoms with Crippen LogP contribution < -0.4 is 5.32 Å². The van der Waals surface area contributed by atoms with Crippen LogP contribution in [0.5, 0.6) is 0 Å². The van der Waals surface area contributed by atoms with E-state index in [2.05, 4.69) is 26.9 Å². The monoisotopic (exact) mass is 516 g/mol. The molecule has 8 nitrogen and oxygen atoms in total. The number of hydrogen-bond acceptors (Lipinski definition) is 6. The Balaban J connectivity index is 0.00000208. The fraction of sp³-hybridized carbons (Fsp3) is 0.286. The Hall–Kier alpha value is -1.86. The number of sulfone groups is 1. The van der Waals surface area contributed by atoms with Crippen molar-refractivity contribution in [3.05, 3.63) is 34.2 Å². The fourth-order valence-corrected chi connectivity index (χ4v) is 3.85. The zero-order valence-electron chi connectivity index (χ0n) is 13.0. The first-order valence-electron chi connectivity index (χ1n) is 7.00. The van der Waals surface area contributed by atoms with E-state index in [1.165, 1.54) is 16.8 Å². The number of hydrogen-bond donors (Lipinski definition) is 1. The average Bonchev–Trinajstić information content (AvgIpc) is 3.05. The van der Waals surface area contributed by atoms with Gasteiger partial charge in [0.25, 0.3) is 0 Å². The van der Waals surface area contributed by atoms with Gasteiger partial charge in [0.05, 0.1) is 0 Å². The van der Waals surface area contributed by atoms with Crippen molar-refractivity contribution >= 4 is 27.8 Å². The summed E-state index contributed by atoms with van der Waals surface area (Å²) in [5.74, 6) is -0.256. The maximum absolute atomic E-state index is 12.4. The number of carbonyl (C=O) groups is 1. The topological polar surface area (TPSA) is 107 Å². The number of amides is 1. The molecule has 2 heterocycles. The van der Waals surface area contributed by atoms with E-state index in [1.807, 2.05) is 6.92 Å². The van der Waals surface area contributed by atoms with Crippen LogP contribution in [0.1, 0.15) is 34.8 Å². The molecule has 0 saturated heterocycles. The van der Waals surface area contributed by atoms with Crippen LogP contribution in [-0.4, -0.2) is 34.5 Å². The first-order valence-corrected chi connectivity index (χ1v) is 8.54. The number of benzene rings is 1. The Bertz CT molecular complexity index is 920. The van der Waals surface area contributed by atoms with Crippen LogP contribution in [0.15, 0.2) is 16.4 Å². The van der Waals surface area contributed by atoms with E-state index in [1.54, 1.807) is 6.92 Å². The van der Waals surface area contributed by atoms with Crippen LogP contribution in [0.3, 0.4) is 0 Å². The number of fused-ring (bicyclic) bond motifs is 1. The number of nitrogens with one attached hydrogen (secondary N) is 1. The Morgan fingerprint density at radius 3 is 2.88 bits per heavy atom. The largest absolute Gasteiger partial charge is 0.297 e. The predicted octanol–water partition coefficient (Wildman–Crippen LogP) is 1.20. The smallest absolute Gasteiger partial charge is 0.249 e. The predicted molar refractivity (Wildman–Crippen MR) is 82.3 cm³/mol. The van der Waals surface area contributed by atoms with Crippen LogP contribution >= 0.6 is 0 Å². The van der Waals surface area contributed by atoms with Gasteiger partial charge in [-0.25, -0.2) is 13.1 Å². The molecule has 0 bridgehead atoms. The molecule has 0 unspecified atom stereocenters. The van der Waals surface area contributed by atoms with Gasteiger partial charge in [0.1, 0.15) is 0 Å². The van der Waals surface area contributed by atoms with Crippen molar-refractivity contribution in [1.29, 1.82) is 0 Å². The van der Waals surface area contributed by atoms with Gasteiger partial charge in [0.15, 0.2) is 9.84 Å². The Morgan fingerprint density at radius 2 is 2.17 bits per heavy atom. The molecule has 1 aliphatic rings. The van der Waals surface area contributed by atoms with Crippen molar-refractivity contribution in [2.45, 2.75) is 31.7 Å². The summed E-state index contributed by atoms with van der Waals surface area (Å²) in [5, 5.41) is 14.8. The normalized spacial score (nSPS) is 14.1. The standard InChI is InChI=1S/C14H14N5O3S.W/c1-3-7-19-14(16-17-18-19)15-13(20)11-5-4-10-6-8-23(21,22)12(10)9(11)2;/h5-6,8H,3,7H2,1-2H3,(H,15,16,18,20);/q-1;. The Kier molecular flexibility index (Phi) is 5.35. The van der Waals surface area contributed by atoms with Gasteiger partial charge in [-0.3, -0.25) is 10.1 Å². The van der Waals surface area contributed by atoms with Crippen LogP contribution in [-0.2, 0) is 37.4 Å². The molecule has 1 aromatic carbocycles. The molecular formula is C14H14N5O3SW-. The number of aromatic nitrogens is 4. The number of aryl methyl sites for hydroxylation is 1. The van der Waals surface area contributed by atoms with Crippen molar-refractivity contribution in [2.24, 2.45) is 0 Å². The molecule has 0 atom stereocenters. The summed E-state index contributed by atoms with van der Waals surface area (Å²) in [5.41, 5.74) is 1.08. The Labute approximate surface area is 153 Å². The molecule has 1 aliphatic heterocycles. The third-order valence-corrected chi connectivity index (χ3v) is 5.09. The summed E-state index contributed by atoms with van der Waals surface area (Å²) in [4.78, 5) is 12.6. The maximum atomic E-state index is 12.4. The van der Waals surface area contributed by atoms with Crippen LogP contribution in [0.4, 0.5) is 5.95 Å². The van der Waals surface area contributed by atoms with Crippen molar-refractivity contribution < 1.29 is 34.3 Å². The summed E-state index contributed by atoms with van der Waals surface area (Å²) in [6, 6.07) is 4.30. The van der Waals surface area contributed by atoms with Gasteiger partial charge in [-0.05, 0) is 32.7 Å². The molecule has 126 valence electrons. The van der Waals surface area contributed by atoms with Gasteiger partial charge in [-0.2, -0.15) is 0 Å². The van der Waals surface area contributed by atoms with E-state index >= 15 is 0 Å².